The van der Waals surface area contributed by atoms with Crippen LogP contribution in [0.15, 0.2) is 24.3 Å². The van der Waals surface area contributed by atoms with Gasteiger partial charge in [-0.3, -0.25) is 9.69 Å². The highest BCUT2D eigenvalue weighted by molar-refractivity contribution is 6.30. The lowest BCUT2D eigenvalue weighted by Crippen LogP contribution is -2.30. The van der Waals surface area contributed by atoms with E-state index in [1.54, 1.807) is 0 Å². The second kappa shape index (κ2) is 5.52. The van der Waals surface area contributed by atoms with Gasteiger partial charge in [0.1, 0.15) is 0 Å². The van der Waals surface area contributed by atoms with E-state index in [0.717, 1.165) is 24.4 Å². The van der Waals surface area contributed by atoms with Crippen molar-refractivity contribution < 1.29 is 9.53 Å². The summed E-state index contributed by atoms with van der Waals surface area (Å²) in [7, 11) is 1.43. The third-order valence-electron chi connectivity index (χ3n) is 3.18. The molecule has 2 rings (SSSR count). The number of carbonyl (C=O) groups is 1. The Bertz CT molecular complexity index is 391. The molecule has 1 aliphatic heterocycles. The molecule has 4 heteroatoms. The maximum absolute atomic E-state index is 11.3. The lowest BCUT2D eigenvalue weighted by Gasteiger charge is -2.23. The highest BCUT2D eigenvalue weighted by Gasteiger charge is 2.27. The van der Waals surface area contributed by atoms with E-state index < -0.39 is 0 Å². The standard InChI is InChI=1S/C13H16ClNO2/c1-17-13(16)9-15-8-2-3-12(15)10-4-6-11(14)7-5-10/h4-7,12H,2-3,8-9H2,1H3. The average Bonchev–Trinajstić information content (AvgIpc) is 2.78. The maximum Gasteiger partial charge on any atom is 0.319 e. The fourth-order valence-corrected chi connectivity index (χ4v) is 2.43. The second-order valence-electron chi connectivity index (χ2n) is 4.26. The van der Waals surface area contributed by atoms with Crippen LogP contribution in [0.2, 0.25) is 5.02 Å². The van der Waals surface area contributed by atoms with Crippen LogP contribution in [0, 0.1) is 0 Å². The molecule has 1 saturated heterocycles. The summed E-state index contributed by atoms with van der Waals surface area (Å²) in [5.41, 5.74) is 1.22. The Morgan fingerprint density at radius 3 is 2.82 bits per heavy atom. The zero-order valence-corrected chi connectivity index (χ0v) is 10.6. The first-order valence-corrected chi connectivity index (χ1v) is 6.15. The number of halogens is 1. The predicted octanol–water partition coefficient (Wildman–Crippen LogP) is 2.65. The molecule has 0 spiro atoms. The van der Waals surface area contributed by atoms with E-state index in [9.17, 15) is 4.79 Å². The van der Waals surface area contributed by atoms with Gasteiger partial charge < -0.3 is 4.74 Å². The molecule has 0 saturated carbocycles. The van der Waals surface area contributed by atoms with Gasteiger partial charge in [0.25, 0.3) is 0 Å². The molecule has 1 aliphatic rings. The highest BCUT2D eigenvalue weighted by atomic mass is 35.5. The summed E-state index contributed by atoms with van der Waals surface area (Å²) >= 11 is 5.87. The van der Waals surface area contributed by atoms with Gasteiger partial charge in [0.05, 0.1) is 13.7 Å². The lowest BCUT2D eigenvalue weighted by atomic mass is 10.0. The number of rotatable bonds is 3. The second-order valence-corrected chi connectivity index (χ2v) is 4.69. The van der Waals surface area contributed by atoms with Gasteiger partial charge in [0.15, 0.2) is 0 Å². The van der Waals surface area contributed by atoms with Crippen molar-refractivity contribution in [2.45, 2.75) is 18.9 Å². The van der Waals surface area contributed by atoms with Gasteiger partial charge in [-0.1, -0.05) is 23.7 Å². The summed E-state index contributed by atoms with van der Waals surface area (Å²) in [6, 6.07) is 8.16. The van der Waals surface area contributed by atoms with E-state index in [0.29, 0.717) is 12.6 Å². The van der Waals surface area contributed by atoms with Gasteiger partial charge in [-0.2, -0.15) is 0 Å². The molecular weight excluding hydrogens is 238 g/mol. The smallest absolute Gasteiger partial charge is 0.319 e. The number of methoxy groups -OCH3 is 1. The van der Waals surface area contributed by atoms with Crippen LogP contribution in [0.25, 0.3) is 0 Å². The van der Waals surface area contributed by atoms with Gasteiger partial charge in [0, 0.05) is 11.1 Å². The molecule has 0 N–H and O–H groups in total. The van der Waals surface area contributed by atoms with Crippen molar-refractivity contribution in [1.82, 2.24) is 4.90 Å². The van der Waals surface area contributed by atoms with Crippen molar-refractivity contribution in [3.8, 4) is 0 Å². The Labute approximate surface area is 106 Å². The monoisotopic (exact) mass is 253 g/mol. The third-order valence-corrected chi connectivity index (χ3v) is 3.43. The average molecular weight is 254 g/mol. The van der Waals surface area contributed by atoms with Crippen molar-refractivity contribution in [3.05, 3.63) is 34.9 Å². The zero-order chi connectivity index (χ0) is 12.3. The van der Waals surface area contributed by atoms with Crippen LogP contribution in [-0.4, -0.2) is 31.1 Å². The van der Waals surface area contributed by atoms with E-state index >= 15 is 0 Å². The minimum atomic E-state index is -0.175. The largest absolute Gasteiger partial charge is 0.468 e. The molecule has 0 radical (unpaired) electrons. The molecule has 0 bridgehead atoms. The number of nitrogens with zero attached hydrogens (tertiary/aromatic N) is 1. The SMILES string of the molecule is COC(=O)CN1CCCC1c1ccc(Cl)cc1. The summed E-state index contributed by atoms with van der Waals surface area (Å²) in [4.78, 5) is 13.5. The number of carbonyl (C=O) groups excluding carboxylic acids is 1. The summed E-state index contributed by atoms with van der Waals surface area (Å²) in [5, 5.41) is 0.742. The van der Waals surface area contributed by atoms with Crippen LogP contribution in [0.5, 0.6) is 0 Å². The number of likely N-dealkylation sites (tertiary alicyclic amines) is 1. The van der Waals surface area contributed by atoms with Crippen LogP contribution >= 0.6 is 11.6 Å². The predicted molar refractivity (Wildman–Crippen MR) is 67.0 cm³/mol. The van der Waals surface area contributed by atoms with Crippen molar-refractivity contribution in [2.75, 3.05) is 20.2 Å². The Kier molecular flexibility index (Phi) is 4.02. The first kappa shape index (κ1) is 12.4. The van der Waals surface area contributed by atoms with Gasteiger partial charge >= 0.3 is 5.97 Å². The molecule has 1 aromatic carbocycles. The zero-order valence-electron chi connectivity index (χ0n) is 9.86. The minimum absolute atomic E-state index is 0.175. The molecule has 1 heterocycles. The van der Waals surface area contributed by atoms with Gasteiger partial charge in [-0.05, 0) is 37.1 Å². The molecular formula is C13H16ClNO2. The van der Waals surface area contributed by atoms with Crippen LogP contribution in [0.3, 0.4) is 0 Å². The highest BCUT2D eigenvalue weighted by Crippen LogP contribution is 2.32. The number of ether oxygens (including phenoxy) is 1. The fraction of sp³-hybridized carbons (Fsp3) is 0.462. The first-order valence-electron chi connectivity index (χ1n) is 5.77. The lowest BCUT2D eigenvalue weighted by molar-refractivity contribution is -0.142. The summed E-state index contributed by atoms with van der Waals surface area (Å²) in [6.45, 7) is 1.31. The normalized spacial score (nSPS) is 20.5. The topological polar surface area (TPSA) is 29.5 Å². The van der Waals surface area contributed by atoms with E-state index in [4.69, 9.17) is 16.3 Å². The van der Waals surface area contributed by atoms with Crippen LogP contribution < -0.4 is 0 Å². The number of esters is 1. The van der Waals surface area contributed by atoms with E-state index in [2.05, 4.69) is 4.90 Å². The van der Waals surface area contributed by atoms with Crippen molar-refractivity contribution in [2.24, 2.45) is 0 Å². The number of benzene rings is 1. The van der Waals surface area contributed by atoms with Crippen LogP contribution in [-0.2, 0) is 9.53 Å². The van der Waals surface area contributed by atoms with Crippen LogP contribution in [0.1, 0.15) is 24.4 Å². The third kappa shape index (κ3) is 2.99. The van der Waals surface area contributed by atoms with E-state index in [-0.39, 0.29) is 5.97 Å². The summed E-state index contributed by atoms with van der Waals surface area (Å²) in [5.74, 6) is -0.175. The van der Waals surface area contributed by atoms with E-state index in [1.807, 2.05) is 24.3 Å². The first-order chi connectivity index (χ1) is 8.20. The number of hydrogen-bond donors (Lipinski definition) is 0. The van der Waals surface area contributed by atoms with Gasteiger partial charge in [-0.25, -0.2) is 0 Å². The fourth-order valence-electron chi connectivity index (χ4n) is 2.31. The van der Waals surface area contributed by atoms with Gasteiger partial charge in [0.2, 0.25) is 0 Å². The molecule has 0 aliphatic carbocycles. The summed E-state index contributed by atoms with van der Waals surface area (Å²) < 4.78 is 4.71. The summed E-state index contributed by atoms with van der Waals surface area (Å²) in [6.07, 6.45) is 2.20. The molecule has 17 heavy (non-hydrogen) atoms. The quantitative estimate of drug-likeness (QED) is 0.776. The molecule has 92 valence electrons. The Hall–Kier alpha value is -1.06. The molecule has 1 unspecified atom stereocenters. The molecule has 0 amide bonds. The minimum Gasteiger partial charge on any atom is -0.468 e. The van der Waals surface area contributed by atoms with E-state index in [1.165, 1.54) is 12.7 Å². The number of hydrogen-bond acceptors (Lipinski definition) is 3. The Morgan fingerprint density at radius 1 is 1.47 bits per heavy atom. The molecule has 1 atom stereocenters. The van der Waals surface area contributed by atoms with Gasteiger partial charge in [-0.15, -0.1) is 0 Å². The Balaban J connectivity index is 2.08. The van der Waals surface area contributed by atoms with Crippen molar-refractivity contribution in [3.63, 3.8) is 0 Å². The van der Waals surface area contributed by atoms with Crippen LogP contribution in [0.4, 0.5) is 0 Å². The molecule has 1 aromatic rings. The van der Waals surface area contributed by atoms with Crippen molar-refractivity contribution in [1.29, 1.82) is 0 Å². The Morgan fingerprint density at radius 2 is 2.18 bits per heavy atom. The molecule has 1 fully saturated rings. The molecule has 3 nitrogen and oxygen atoms in total. The molecule has 0 aromatic heterocycles. The van der Waals surface area contributed by atoms with Crippen molar-refractivity contribution >= 4 is 17.6 Å². The maximum atomic E-state index is 11.3.